The molecule has 0 aromatic heterocycles. The first-order chi connectivity index (χ1) is 17.6. The van der Waals surface area contributed by atoms with Gasteiger partial charge in [-0.05, 0) is 85.5 Å². The number of hydrogen-bond donors (Lipinski definition) is 1. The Morgan fingerprint density at radius 2 is 1.74 bits per heavy atom. The number of thioether (sulfide) groups is 1. The maximum atomic E-state index is 13.6. The average molecular weight is 560 g/mol. The van der Waals surface area contributed by atoms with Gasteiger partial charge >= 0.3 is 12.4 Å². The fourth-order valence-electron chi connectivity index (χ4n) is 8.26. The highest BCUT2D eigenvalue weighted by molar-refractivity contribution is 8.14. The number of halogens is 6. The van der Waals surface area contributed by atoms with E-state index >= 15 is 0 Å². The molecule has 5 rings (SSSR count). The molecule has 3 nitrogen and oxygen atoms in total. The second kappa shape index (κ2) is 9.03. The minimum absolute atomic E-state index is 0.0733. The summed E-state index contributed by atoms with van der Waals surface area (Å²) in [6, 6.07) is 1.14. The molecule has 3 saturated carbocycles. The van der Waals surface area contributed by atoms with Crippen molar-refractivity contribution in [2.24, 2.45) is 40.4 Å². The van der Waals surface area contributed by atoms with E-state index in [-0.39, 0.29) is 21.7 Å². The number of benzene rings is 1. The summed E-state index contributed by atoms with van der Waals surface area (Å²) in [4.78, 5) is 25.6. The molecule has 208 valence electrons. The summed E-state index contributed by atoms with van der Waals surface area (Å²) in [6.45, 7) is 6.43. The monoisotopic (exact) mass is 559 g/mol. The van der Waals surface area contributed by atoms with E-state index in [4.69, 9.17) is 0 Å². The Balaban J connectivity index is 1.42. The third-order valence-corrected chi connectivity index (χ3v) is 11.5. The molecule has 3 aliphatic carbocycles. The summed E-state index contributed by atoms with van der Waals surface area (Å²) in [5.74, 6) is -0.135. The first kappa shape index (κ1) is 27.6. The van der Waals surface area contributed by atoms with Crippen LogP contribution in [0, 0.1) is 40.4 Å². The van der Waals surface area contributed by atoms with Crippen LogP contribution in [0.25, 0.3) is 0 Å². The quantitative estimate of drug-likeness (QED) is 0.374. The molecule has 0 radical (unpaired) electrons. The van der Waals surface area contributed by atoms with Crippen molar-refractivity contribution in [2.75, 3.05) is 5.32 Å². The lowest BCUT2D eigenvalue weighted by atomic mass is 9.47. The summed E-state index contributed by atoms with van der Waals surface area (Å²) in [5.41, 5.74) is -4.00. The Bertz CT molecular complexity index is 1180. The normalized spacial score (nSPS) is 38.8. The van der Waals surface area contributed by atoms with E-state index in [1.165, 1.54) is 11.8 Å². The molecular weight excluding hydrogens is 528 g/mol. The highest BCUT2D eigenvalue weighted by Gasteiger charge is 2.62. The van der Waals surface area contributed by atoms with Crippen LogP contribution < -0.4 is 5.32 Å². The van der Waals surface area contributed by atoms with E-state index in [0.717, 1.165) is 19.3 Å². The molecule has 1 aromatic rings. The molecule has 0 unspecified atom stereocenters. The van der Waals surface area contributed by atoms with Gasteiger partial charge in [0.15, 0.2) is 0 Å². The van der Waals surface area contributed by atoms with Crippen LogP contribution >= 0.6 is 11.8 Å². The molecule has 0 spiro atoms. The summed E-state index contributed by atoms with van der Waals surface area (Å²) < 4.78 is 80.6. The lowest BCUT2D eigenvalue weighted by Crippen LogP contribution is -2.56. The zero-order chi connectivity index (χ0) is 27.8. The molecule has 1 aromatic carbocycles. The van der Waals surface area contributed by atoms with Crippen molar-refractivity contribution in [3.05, 3.63) is 41.5 Å². The molecular formula is C28H31F6NO2S. The van der Waals surface area contributed by atoms with Gasteiger partial charge in [-0.15, -0.1) is 0 Å². The Hall–Kier alpha value is -1.97. The molecule has 0 saturated heterocycles. The Morgan fingerprint density at radius 1 is 1.03 bits per heavy atom. The smallest absolute Gasteiger partial charge is 0.325 e. The molecule has 1 aliphatic heterocycles. The van der Waals surface area contributed by atoms with Gasteiger partial charge in [0.25, 0.3) is 0 Å². The summed E-state index contributed by atoms with van der Waals surface area (Å²) in [5, 5.41) is 2.53. The molecule has 0 bridgehead atoms. The molecule has 10 heteroatoms. The molecule has 3 fully saturated rings. The average Bonchev–Trinajstić information content (AvgIpc) is 3.16. The van der Waals surface area contributed by atoms with Crippen LogP contribution in [0.15, 0.2) is 30.4 Å². The van der Waals surface area contributed by atoms with Gasteiger partial charge in [0.05, 0.1) is 16.8 Å². The highest BCUT2D eigenvalue weighted by atomic mass is 32.2. The minimum atomic E-state index is -4.91. The zero-order valence-corrected chi connectivity index (χ0v) is 22.2. The van der Waals surface area contributed by atoms with Crippen molar-refractivity contribution >= 4 is 28.5 Å². The summed E-state index contributed by atoms with van der Waals surface area (Å²) >= 11 is 1.40. The van der Waals surface area contributed by atoms with Gasteiger partial charge in [-0.25, -0.2) is 0 Å². The molecule has 4 aliphatic rings. The fourth-order valence-corrected chi connectivity index (χ4v) is 9.59. The van der Waals surface area contributed by atoms with E-state index in [9.17, 15) is 35.9 Å². The van der Waals surface area contributed by atoms with Gasteiger partial charge in [0, 0.05) is 16.6 Å². The lowest BCUT2D eigenvalue weighted by molar-refractivity contribution is -0.141. The Kier molecular flexibility index (Phi) is 6.56. The van der Waals surface area contributed by atoms with Crippen molar-refractivity contribution in [2.45, 2.75) is 70.5 Å². The second-order valence-corrected chi connectivity index (χ2v) is 13.3. The number of hydrogen-bond acceptors (Lipinski definition) is 3. The molecule has 1 amide bonds. The van der Waals surface area contributed by atoms with E-state index in [1.54, 1.807) is 6.08 Å². The SMILES string of the molecule is C[C@H]1C[C@H]2SC(=O)C=C[C@]2(C)[C@H]2CC[C@]3(C)[C@@H](C(=O)Nc4cc(C(F)(F)F)ccc4C(F)(F)F)CC[C@H]3[C@H]12. The van der Waals surface area contributed by atoms with E-state index in [1.807, 2.05) is 6.92 Å². The number of carbonyl (C=O) groups is 2. The third kappa shape index (κ3) is 4.38. The van der Waals surface area contributed by atoms with Crippen LogP contribution in [-0.2, 0) is 21.9 Å². The number of nitrogens with one attached hydrogen (secondary N) is 1. The van der Waals surface area contributed by atoms with E-state index in [0.29, 0.717) is 48.8 Å². The van der Waals surface area contributed by atoms with Crippen LogP contribution in [0.1, 0.15) is 64.0 Å². The van der Waals surface area contributed by atoms with Crippen LogP contribution in [0.4, 0.5) is 32.0 Å². The van der Waals surface area contributed by atoms with Gasteiger partial charge in [0.2, 0.25) is 11.0 Å². The fraction of sp³-hybridized carbons (Fsp3) is 0.643. The summed E-state index contributed by atoms with van der Waals surface area (Å²) in [7, 11) is 0. The Labute approximate surface area is 222 Å². The molecule has 8 atom stereocenters. The van der Waals surface area contributed by atoms with E-state index < -0.39 is 46.4 Å². The van der Waals surface area contributed by atoms with Gasteiger partial charge < -0.3 is 5.32 Å². The predicted octanol–water partition coefficient (Wildman–Crippen LogP) is 7.97. The maximum Gasteiger partial charge on any atom is 0.418 e. The van der Waals surface area contributed by atoms with Crippen LogP contribution in [0.5, 0.6) is 0 Å². The van der Waals surface area contributed by atoms with Crippen molar-refractivity contribution < 1.29 is 35.9 Å². The standard InChI is InChI=1S/C28H31F6NO2S/c1-14-12-21-26(3,11-9-22(36)38-21)18-8-10-25(2)17(23(14)18)6-7-19(25)24(37)35-20-13-15(27(29,30)31)4-5-16(20)28(32,33)34/h4-5,9,11,13-14,17-19,21,23H,6-8,10,12H2,1-3H3,(H,35,37)/t14-,17-,18-,19+,21+,23-,25-,26+/m0/s1. The number of amides is 1. The molecule has 38 heavy (non-hydrogen) atoms. The van der Waals surface area contributed by atoms with Crippen molar-refractivity contribution in [3.8, 4) is 0 Å². The lowest BCUT2D eigenvalue weighted by Gasteiger charge is -2.60. The van der Waals surface area contributed by atoms with Crippen molar-refractivity contribution in [1.29, 1.82) is 0 Å². The molecule has 1 N–H and O–H groups in total. The van der Waals surface area contributed by atoms with Gasteiger partial charge in [-0.3, -0.25) is 9.59 Å². The largest absolute Gasteiger partial charge is 0.418 e. The number of alkyl halides is 6. The molecule has 1 heterocycles. The Morgan fingerprint density at radius 3 is 2.39 bits per heavy atom. The second-order valence-electron chi connectivity index (χ2n) is 12.0. The third-order valence-electron chi connectivity index (χ3n) is 10.1. The van der Waals surface area contributed by atoms with E-state index in [2.05, 4.69) is 25.2 Å². The van der Waals surface area contributed by atoms with Crippen LogP contribution in [0.3, 0.4) is 0 Å². The van der Waals surface area contributed by atoms with Gasteiger partial charge in [-0.1, -0.05) is 38.6 Å². The number of anilines is 1. The topological polar surface area (TPSA) is 46.2 Å². The number of carbonyl (C=O) groups excluding carboxylic acids is 2. The minimum Gasteiger partial charge on any atom is -0.325 e. The van der Waals surface area contributed by atoms with Gasteiger partial charge in [0.1, 0.15) is 0 Å². The highest BCUT2D eigenvalue weighted by Crippen LogP contribution is 2.67. The zero-order valence-electron chi connectivity index (χ0n) is 21.4. The number of fused-ring (bicyclic) bond motifs is 5. The van der Waals surface area contributed by atoms with Crippen molar-refractivity contribution in [3.63, 3.8) is 0 Å². The first-order valence-corrected chi connectivity index (χ1v) is 13.9. The number of allylic oxidation sites excluding steroid dienone is 1. The summed E-state index contributed by atoms with van der Waals surface area (Å²) in [6.07, 6.45) is -2.40. The maximum absolute atomic E-state index is 13.6. The first-order valence-electron chi connectivity index (χ1n) is 13.0. The van der Waals surface area contributed by atoms with Gasteiger partial charge in [-0.2, -0.15) is 26.3 Å². The van der Waals surface area contributed by atoms with Crippen LogP contribution in [0.2, 0.25) is 0 Å². The van der Waals surface area contributed by atoms with Crippen molar-refractivity contribution in [1.82, 2.24) is 0 Å². The van der Waals surface area contributed by atoms with Crippen LogP contribution in [-0.4, -0.2) is 16.3 Å². The number of rotatable bonds is 2. The predicted molar refractivity (Wildman–Crippen MR) is 133 cm³/mol.